The molecule has 0 spiro atoms. The fourth-order valence-electron chi connectivity index (χ4n) is 0.762. The van der Waals surface area contributed by atoms with Crippen molar-refractivity contribution in [2.24, 2.45) is 0 Å². The minimum absolute atomic E-state index is 0.698. The van der Waals surface area contributed by atoms with Gasteiger partial charge in [0.05, 0.1) is 14.9 Å². The Bertz CT molecular complexity index is 210. The number of hydrogen-bond donors (Lipinski definition) is 0. The summed E-state index contributed by atoms with van der Waals surface area (Å²) in [4.78, 5) is 0. The lowest BCUT2D eigenvalue weighted by Crippen LogP contribution is -1.85. The van der Waals surface area contributed by atoms with Gasteiger partial charge in [0, 0.05) is 0 Å². The number of rotatable bonds is 3. The van der Waals surface area contributed by atoms with Gasteiger partial charge in [-0.2, -0.15) is 0 Å². The molecule has 0 unspecified atom stereocenters. The van der Waals surface area contributed by atoms with Gasteiger partial charge in [0.2, 0.25) is 0 Å². The van der Waals surface area contributed by atoms with Crippen LogP contribution in [0, 0.1) is 0 Å². The lowest BCUT2D eigenvalue weighted by molar-refractivity contribution is 0.414. The minimum atomic E-state index is 0.698. The van der Waals surface area contributed by atoms with Gasteiger partial charge in [-0.25, -0.2) is 0 Å². The quantitative estimate of drug-likeness (QED) is 0.562. The van der Waals surface area contributed by atoms with Gasteiger partial charge in [0.1, 0.15) is 5.75 Å². The van der Waals surface area contributed by atoms with Crippen LogP contribution in [0.25, 0.3) is 0 Å². The largest absolute Gasteiger partial charge is 0.497 e. The van der Waals surface area contributed by atoms with Gasteiger partial charge in [-0.3, -0.25) is 0 Å². The second-order valence-corrected chi connectivity index (χ2v) is 2.05. The normalized spacial score (nSPS) is 10.3. The summed E-state index contributed by atoms with van der Waals surface area (Å²) in [5.41, 5.74) is 1.14. The van der Waals surface area contributed by atoms with E-state index in [4.69, 9.17) is 6.07 Å². The molecule has 0 fully saturated rings. The van der Waals surface area contributed by atoms with Crippen LogP contribution in [0.2, 0.25) is 0 Å². The highest BCUT2D eigenvalue weighted by atomic mass is 16.5. The van der Waals surface area contributed by atoms with Crippen molar-refractivity contribution in [2.45, 2.75) is 6.32 Å². The van der Waals surface area contributed by atoms with E-state index in [1.165, 1.54) is 7.81 Å². The number of benzene rings is 1. The van der Waals surface area contributed by atoms with Gasteiger partial charge < -0.3 is 4.74 Å². The molecule has 0 saturated carbocycles. The lowest BCUT2D eigenvalue weighted by atomic mass is 9.97. The third kappa shape index (κ3) is 1.53. The van der Waals surface area contributed by atoms with E-state index in [1.54, 1.807) is 7.11 Å². The molecule has 0 aromatic heterocycles. The number of ether oxygens (including phenoxy) is 1. The van der Waals surface area contributed by atoms with Crippen LogP contribution in [-0.2, 0) is 6.32 Å². The average molecular weight is 134 g/mol. The first kappa shape index (κ1) is 5.84. The molecule has 1 rings (SSSR count). The van der Waals surface area contributed by atoms with Gasteiger partial charge in [-0.1, -0.05) is 24.0 Å². The summed E-state index contributed by atoms with van der Waals surface area (Å²) < 4.78 is 11.9. The summed E-state index contributed by atoms with van der Waals surface area (Å²) >= 11 is 0. The molecule has 1 aromatic carbocycles. The summed E-state index contributed by atoms with van der Waals surface area (Å²) in [5.74, 6) is 0.860. The second-order valence-electron chi connectivity index (χ2n) is 2.05. The summed E-state index contributed by atoms with van der Waals surface area (Å²) in [5, 5.41) is 0. The summed E-state index contributed by atoms with van der Waals surface area (Å²) in [6.07, 6.45) is 0.698. The number of methoxy groups -OCH3 is 1. The second kappa shape index (κ2) is 3.30. The first-order valence-corrected chi connectivity index (χ1v) is 3.20. The molecule has 10 heavy (non-hydrogen) atoms. The van der Waals surface area contributed by atoms with E-state index in [1.807, 2.05) is 24.3 Å². The van der Waals surface area contributed by atoms with Crippen LogP contribution in [-0.4, -0.2) is 16.3 Å². The van der Waals surface area contributed by atoms with Gasteiger partial charge >= 0.3 is 0 Å². The van der Waals surface area contributed by atoms with Crippen molar-refractivity contribution >= 4 is 7.81 Å². The highest BCUT2D eigenvalue weighted by Gasteiger charge is 1.89. The molecule has 0 aliphatic carbocycles. The molecule has 0 aliphatic heterocycles. The van der Waals surface area contributed by atoms with Crippen molar-refractivity contribution in [1.29, 1.82) is 1.34 Å². The van der Waals surface area contributed by atoms with E-state index in [0.29, 0.717) is 6.32 Å². The van der Waals surface area contributed by atoms with Crippen molar-refractivity contribution < 1.29 is 4.74 Å². The van der Waals surface area contributed by atoms with Crippen LogP contribution in [0.1, 0.15) is 5.56 Å². The van der Waals surface area contributed by atoms with Gasteiger partial charge in [0.15, 0.2) is 0 Å². The maximum absolute atomic E-state index is 6.88. The molecular formula is C8H10BO. The highest BCUT2D eigenvalue weighted by molar-refractivity contribution is 6.08. The fourth-order valence-corrected chi connectivity index (χ4v) is 0.762. The lowest BCUT2D eigenvalue weighted by Gasteiger charge is -1.99. The van der Waals surface area contributed by atoms with E-state index in [2.05, 4.69) is 0 Å². The van der Waals surface area contributed by atoms with Crippen molar-refractivity contribution in [3.63, 3.8) is 0 Å². The van der Waals surface area contributed by atoms with E-state index in [0.717, 1.165) is 11.3 Å². The monoisotopic (exact) mass is 134 g/mol. The van der Waals surface area contributed by atoms with Crippen LogP contribution >= 0.6 is 0 Å². The molecule has 2 heteroatoms. The Morgan fingerprint density at radius 2 is 2.20 bits per heavy atom. The molecule has 0 amide bonds. The zero-order valence-corrected chi connectivity index (χ0v) is 6.00. The van der Waals surface area contributed by atoms with Crippen molar-refractivity contribution in [3.8, 4) is 5.75 Å². The third-order valence-corrected chi connectivity index (χ3v) is 1.39. The molecule has 1 radical (unpaired) electrons. The van der Waals surface area contributed by atoms with E-state index in [-0.39, 0.29) is 0 Å². The van der Waals surface area contributed by atoms with Gasteiger partial charge in [-0.05, 0) is 13.5 Å². The fraction of sp³-hybridized carbons (Fsp3) is 0.250. The molecule has 1 nitrogen and oxygen atoms in total. The average Bonchev–Trinajstić information content (AvgIpc) is 2.07. The minimum Gasteiger partial charge on any atom is -0.497 e. The molecule has 1 aromatic rings. The Balaban J connectivity index is 2.66. The Hall–Kier alpha value is -0.915. The van der Waals surface area contributed by atoms with E-state index in [9.17, 15) is 0 Å². The smallest absolute Gasteiger partial charge is 0.118 e. The molecule has 0 heterocycles. The Morgan fingerprint density at radius 1 is 1.50 bits per heavy atom. The van der Waals surface area contributed by atoms with Crippen LogP contribution in [0.3, 0.4) is 0 Å². The molecule has 0 bridgehead atoms. The zero-order valence-electron chi connectivity index (χ0n) is 7.00. The Labute approximate surface area is 63.8 Å². The molecule has 0 saturated heterocycles. The molecular weight excluding hydrogens is 123 g/mol. The van der Waals surface area contributed by atoms with Crippen LogP contribution in [0.5, 0.6) is 5.75 Å². The van der Waals surface area contributed by atoms with Crippen LogP contribution in [0.15, 0.2) is 24.3 Å². The van der Waals surface area contributed by atoms with E-state index < -0.39 is 0 Å². The molecule has 51 valence electrons. The topological polar surface area (TPSA) is 9.23 Å². The zero-order chi connectivity index (χ0) is 8.10. The van der Waals surface area contributed by atoms with Crippen LogP contribution < -0.4 is 4.74 Å². The third-order valence-electron chi connectivity index (χ3n) is 1.39. The predicted molar refractivity (Wildman–Crippen MR) is 43.8 cm³/mol. The van der Waals surface area contributed by atoms with Crippen molar-refractivity contribution in [2.75, 3.05) is 7.11 Å². The molecule has 0 N–H and O–H groups in total. The first-order chi connectivity index (χ1) is 5.36. The predicted octanol–water partition coefficient (Wildman–Crippen LogP) is 1.10. The van der Waals surface area contributed by atoms with Crippen molar-refractivity contribution in [3.05, 3.63) is 29.8 Å². The van der Waals surface area contributed by atoms with Gasteiger partial charge in [0.25, 0.3) is 0 Å². The van der Waals surface area contributed by atoms with Crippen LogP contribution in [0.4, 0.5) is 0 Å². The Morgan fingerprint density at radius 3 is 2.70 bits per heavy atom. The van der Waals surface area contributed by atoms with Crippen molar-refractivity contribution in [1.82, 2.24) is 0 Å². The maximum atomic E-state index is 6.88. The molecule has 0 atom stereocenters. The highest BCUT2D eigenvalue weighted by Crippen LogP contribution is 2.10. The van der Waals surface area contributed by atoms with E-state index >= 15 is 0 Å². The summed E-state index contributed by atoms with van der Waals surface area (Å²) in [6.45, 7) is 0. The summed E-state index contributed by atoms with van der Waals surface area (Å²) in [7, 11) is 3.04. The van der Waals surface area contributed by atoms with Gasteiger partial charge in [-0.15, -0.1) is 0 Å². The standard InChI is InChI=1S/C8H10BO/c1-10-8-4-2-7(6-9)3-5-8/h2-5,9H,6H2,1H3/i9D. The number of hydrogen-bond acceptors (Lipinski definition) is 1. The molecule has 0 aliphatic rings. The SMILES string of the molecule is [2H][B]Cc1ccc(OC)cc1. The first-order valence-electron chi connectivity index (χ1n) is 3.77. The Kier molecular flexibility index (Phi) is 1.93. The maximum Gasteiger partial charge on any atom is 0.118 e. The summed E-state index contributed by atoms with van der Waals surface area (Å²) in [6, 6.07) is 7.73.